The molecule has 5 heteroatoms. The van der Waals surface area contributed by atoms with Gasteiger partial charge in [0.25, 0.3) is 6.43 Å². The van der Waals surface area contributed by atoms with Gasteiger partial charge in [-0.2, -0.15) is 0 Å². The van der Waals surface area contributed by atoms with Crippen molar-refractivity contribution in [3.63, 3.8) is 0 Å². The molecule has 1 aromatic carbocycles. The van der Waals surface area contributed by atoms with E-state index in [0.717, 1.165) is 0 Å². The average molecular weight is 389 g/mol. The lowest BCUT2D eigenvalue weighted by molar-refractivity contribution is 0.0975. The number of carbonyl (C=O) groups is 1. The van der Waals surface area contributed by atoms with Gasteiger partial charge in [0.15, 0.2) is 5.78 Å². The Kier molecular flexibility index (Phi) is 5.11. The predicted octanol–water partition coefficient (Wildman–Crippen LogP) is 4.20. The summed E-state index contributed by atoms with van der Waals surface area (Å²) in [4.78, 5) is 11.6. The van der Waals surface area contributed by atoms with Crippen LogP contribution in [0.4, 0.5) is 8.78 Å². The minimum atomic E-state index is -2.60. The van der Waals surface area contributed by atoms with E-state index in [1.807, 2.05) is 22.6 Å². The van der Waals surface area contributed by atoms with E-state index in [1.165, 1.54) is 12.1 Å². The Morgan fingerprint density at radius 2 is 2.13 bits per heavy atom. The number of hydrogen-bond donors (Lipinski definition) is 0. The molecule has 0 amide bonds. The number of Topliss-reactive ketones (excluding diaryl/α,β-unsaturated/α-hetero) is 1. The molecule has 82 valence electrons. The molecule has 1 aromatic rings. The summed E-state index contributed by atoms with van der Waals surface area (Å²) in [5.41, 5.74) is -0.0135. The molecule has 1 rings (SSSR count). The molecule has 0 saturated heterocycles. The molecule has 0 aromatic heterocycles. The van der Waals surface area contributed by atoms with Crippen molar-refractivity contribution in [1.29, 1.82) is 0 Å². The van der Waals surface area contributed by atoms with Crippen molar-refractivity contribution >= 4 is 44.3 Å². The van der Waals surface area contributed by atoms with Crippen LogP contribution in [0.2, 0.25) is 0 Å². The molecule has 0 fully saturated rings. The number of carbonyl (C=O) groups excluding carboxylic acids is 1. The summed E-state index contributed by atoms with van der Waals surface area (Å²) in [5.74, 6) is -0.243. The molecule has 0 atom stereocenters. The fraction of sp³-hybridized carbons (Fsp3) is 0.300. The smallest absolute Gasteiger partial charge is 0.264 e. The van der Waals surface area contributed by atoms with E-state index in [4.69, 9.17) is 0 Å². The molecule has 0 aliphatic carbocycles. The van der Waals surface area contributed by atoms with Gasteiger partial charge in [0.1, 0.15) is 0 Å². The minimum Gasteiger partial charge on any atom is -0.294 e. The summed E-state index contributed by atoms with van der Waals surface area (Å²) in [7, 11) is 0. The van der Waals surface area contributed by atoms with Gasteiger partial charge in [-0.3, -0.25) is 4.79 Å². The van der Waals surface area contributed by atoms with Gasteiger partial charge in [-0.05, 0) is 28.7 Å². The van der Waals surface area contributed by atoms with E-state index in [9.17, 15) is 13.6 Å². The molecular weight excluding hydrogens is 381 g/mol. The van der Waals surface area contributed by atoms with Crippen molar-refractivity contribution in [3.05, 3.63) is 32.9 Å². The van der Waals surface area contributed by atoms with Gasteiger partial charge < -0.3 is 0 Å². The maximum Gasteiger partial charge on any atom is 0.264 e. The third-order valence-electron chi connectivity index (χ3n) is 1.88. The number of rotatable bonds is 4. The lowest BCUT2D eigenvalue weighted by Gasteiger charge is -2.09. The number of benzene rings is 1. The van der Waals surface area contributed by atoms with Crippen LogP contribution in [0.25, 0.3) is 0 Å². The Hall–Kier alpha value is -0.0400. The molecule has 0 spiro atoms. The van der Waals surface area contributed by atoms with Crippen molar-refractivity contribution in [2.45, 2.75) is 12.8 Å². The topological polar surface area (TPSA) is 17.1 Å². The SMILES string of the molecule is O=C(CCBr)c1c(I)cccc1C(F)F. The van der Waals surface area contributed by atoms with Crippen LogP contribution in [0.1, 0.15) is 28.8 Å². The zero-order valence-electron chi connectivity index (χ0n) is 7.64. The predicted molar refractivity (Wildman–Crippen MR) is 66.9 cm³/mol. The van der Waals surface area contributed by atoms with Gasteiger partial charge in [-0.1, -0.05) is 28.1 Å². The Labute approximate surface area is 109 Å². The highest BCUT2D eigenvalue weighted by atomic mass is 127. The molecule has 0 radical (unpaired) electrons. The van der Waals surface area contributed by atoms with E-state index in [-0.39, 0.29) is 23.3 Å². The van der Waals surface area contributed by atoms with Crippen LogP contribution in [0.5, 0.6) is 0 Å². The normalized spacial score (nSPS) is 10.7. The first kappa shape index (κ1) is 13.0. The van der Waals surface area contributed by atoms with Crippen molar-refractivity contribution in [2.75, 3.05) is 5.33 Å². The Morgan fingerprint density at radius 3 is 2.67 bits per heavy atom. The minimum absolute atomic E-state index is 0.160. The summed E-state index contributed by atoms with van der Waals surface area (Å²) < 4.78 is 25.9. The molecule has 0 aliphatic heterocycles. The van der Waals surface area contributed by atoms with Crippen molar-refractivity contribution in [3.8, 4) is 0 Å². The maximum atomic E-state index is 12.6. The molecule has 15 heavy (non-hydrogen) atoms. The average Bonchev–Trinajstić information content (AvgIpc) is 2.17. The number of hydrogen-bond acceptors (Lipinski definition) is 1. The van der Waals surface area contributed by atoms with Crippen molar-refractivity contribution < 1.29 is 13.6 Å². The summed E-state index contributed by atoms with van der Waals surface area (Å²) >= 11 is 5.03. The second-order valence-electron chi connectivity index (χ2n) is 2.87. The third kappa shape index (κ3) is 3.21. The maximum absolute atomic E-state index is 12.6. The Bertz CT molecular complexity index is 368. The van der Waals surface area contributed by atoms with Gasteiger partial charge in [-0.25, -0.2) is 8.78 Å². The van der Waals surface area contributed by atoms with Crippen LogP contribution >= 0.6 is 38.5 Å². The summed E-state index contributed by atoms with van der Waals surface area (Å²) in [5, 5.41) is 0.486. The van der Waals surface area contributed by atoms with Gasteiger partial charge in [-0.15, -0.1) is 0 Å². The van der Waals surface area contributed by atoms with Crippen LogP contribution < -0.4 is 0 Å². The standard InChI is InChI=1S/C10H8BrF2IO/c11-5-4-8(15)9-6(10(12)13)2-1-3-7(9)14/h1-3,10H,4-5H2. The molecule has 0 unspecified atom stereocenters. The van der Waals surface area contributed by atoms with Crippen LogP contribution in [0.15, 0.2) is 18.2 Å². The summed E-state index contributed by atoms with van der Waals surface area (Å²) in [6.45, 7) is 0. The zero-order chi connectivity index (χ0) is 11.4. The van der Waals surface area contributed by atoms with Crippen LogP contribution in [0, 0.1) is 3.57 Å². The largest absolute Gasteiger partial charge is 0.294 e. The molecule has 0 aliphatic rings. The van der Waals surface area contributed by atoms with E-state index < -0.39 is 6.43 Å². The number of ketones is 1. The highest BCUT2D eigenvalue weighted by Gasteiger charge is 2.19. The first-order valence-electron chi connectivity index (χ1n) is 4.23. The van der Waals surface area contributed by atoms with E-state index in [2.05, 4.69) is 15.9 Å². The van der Waals surface area contributed by atoms with Crippen molar-refractivity contribution in [1.82, 2.24) is 0 Å². The van der Waals surface area contributed by atoms with Gasteiger partial charge in [0, 0.05) is 26.4 Å². The number of halogens is 4. The van der Waals surface area contributed by atoms with E-state index >= 15 is 0 Å². The second kappa shape index (κ2) is 5.89. The quantitative estimate of drug-likeness (QED) is 0.429. The first-order valence-corrected chi connectivity index (χ1v) is 6.43. The Morgan fingerprint density at radius 1 is 1.47 bits per heavy atom. The molecular formula is C10H8BrF2IO. The van der Waals surface area contributed by atoms with E-state index in [1.54, 1.807) is 6.07 Å². The molecule has 0 N–H and O–H groups in total. The number of alkyl halides is 3. The molecule has 0 heterocycles. The lowest BCUT2D eigenvalue weighted by Crippen LogP contribution is -2.07. The highest BCUT2D eigenvalue weighted by Crippen LogP contribution is 2.27. The first-order chi connectivity index (χ1) is 7.07. The van der Waals surface area contributed by atoms with E-state index in [0.29, 0.717) is 8.90 Å². The van der Waals surface area contributed by atoms with Crippen LogP contribution in [0.3, 0.4) is 0 Å². The zero-order valence-corrected chi connectivity index (χ0v) is 11.4. The van der Waals surface area contributed by atoms with Crippen molar-refractivity contribution in [2.24, 2.45) is 0 Å². The lowest BCUT2D eigenvalue weighted by atomic mass is 10.0. The fourth-order valence-corrected chi connectivity index (χ4v) is 2.41. The van der Waals surface area contributed by atoms with Crippen LogP contribution in [-0.4, -0.2) is 11.1 Å². The fourth-order valence-electron chi connectivity index (χ4n) is 1.23. The highest BCUT2D eigenvalue weighted by molar-refractivity contribution is 14.1. The molecule has 1 nitrogen and oxygen atoms in total. The summed E-state index contributed by atoms with van der Waals surface area (Å²) in [6.07, 6.45) is -2.37. The van der Waals surface area contributed by atoms with Gasteiger partial charge in [0.2, 0.25) is 0 Å². The molecule has 0 saturated carbocycles. The third-order valence-corrected chi connectivity index (χ3v) is 3.18. The second-order valence-corrected chi connectivity index (χ2v) is 4.82. The Balaban J connectivity index is 3.18. The van der Waals surface area contributed by atoms with Gasteiger partial charge >= 0.3 is 0 Å². The van der Waals surface area contributed by atoms with Gasteiger partial charge in [0.05, 0.1) is 0 Å². The monoisotopic (exact) mass is 388 g/mol. The van der Waals surface area contributed by atoms with Crippen LogP contribution in [-0.2, 0) is 0 Å². The molecule has 0 bridgehead atoms. The summed E-state index contributed by atoms with van der Waals surface area (Å²) in [6, 6.07) is 4.50.